The summed E-state index contributed by atoms with van der Waals surface area (Å²) in [7, 11) is 0. The minimum absolute atomic E-state index is 0.0563. The van der Waals surface area contributed by atoms with Crippen LogP contribution in [0.3, 0.4) is 0 Å². The Bertz CT molecular complexity index is 314. The molecule has 0 bridgehead atoms. The molecule has 0 saturated heterocycles. The normalized spacial score (nSPS) is 18.0. The number of aromatic nitrogens is 1. The average Bonchev–Trinajstić information content (AvgIpc) is 2.62. The lowest BCUT2D eigenvalue weighted by atomic mass is 10.1. The second-order valence-corrected chi connectivity index (χ2v) is 4.41. The van der Waals surface area contributed by atoms with Crippen molar-refractivity contribution in [1.82, 2.24) is 10.3 Å². The molecule has 1 heterocycles. The zero-order valence-electron chi connectivity index (χ0n) is 9.45. The Balaban J connectivity index is 1.77. The molecule has 1 aromatic heterocycles. The first-order valence-corrected chi connectivity index (χ1v) is 6.01. The summed E-state index contributed by atoms with van der Waals surface area (Å²) >= 11 is 0. The highest BCUT2D eigenvalue weighted by atomic mass is 16.3. The van der Waals surface area contributed by atoms with Gasteiger partial charge in [-0.2, -0.15) is 0 Å². The van der Waals surface area contributed by atoms with Crippen molar-refractivity contribution in [2.24, 2.45) is 0 Å². The van der Waals surface area contributed by atoms with Gasteiger partial charge in [0.1, 0.15) is 6.26 Å². The van der Waals surface area contributed by atoms with E-state index in [-0.39, 0.29) is 5.91 Å². The molecule has 0 aliphatic heterocycles. The van der Waals surface area contributed by atoms with Gasteiger partial charge in [0.2, 0.25) is 5.91 Å². The van der Waals surface area contributed by atoms with Crippen LogP contribution in [-0.4, -0.2) is 16.9 Å². The Morgan fingerprint density at radius 1 is 1.38 bits per heavy atom. The topological polar surface area (TPSA) is 55.1 Å². The molecular weight excluding hydrogens is 204 g/mol. The highest BCUT2D eigenvalue weighted by Crippen LogP contribution is 2.17. The van der Waals surface area contributed by atoms with E-state index in [1.54, 1.807) is 0 Å². The van der Waals surface area contributed by atoms with Crippen molar-refractivity contribution in [2.75, 3.05) is 0 Å². The first kappa shape index (κ1) is 11.2. The van der Waals surface area contributed by atoms with E-state index in [1.807, 2.05) is 0 Å². The molecule has 0 atom stereocenters. The van der Waals surface area contributed by atoms with E-state index in [0.29, 0.717) is 18.2 Å². The van der Waals surface area contributed by atoms with Crippen molar-refractivity contribution < 1.29 is 9.21 Å². The van der Waals surface area contributed by atoms with Crippen molar-refractivity contribution in [2.45, 2.75) is 51.0 Å². The predicted octanol–water partition coefficient (Wildman–Crippen LogP) is 2.06. The lowest BCUT2D eigenvalue weighted by Crippen LogP contribution is -2.35. The van der Waals surface area contributed by atoms with Crippen LogP contribution >= 0.6 is 0 Å². The van der Waals surface area contributed by atoms with Gasteiger partial charge in [-0.1, -0.05) is 25.7 Å². The van der Waals surface area contributed by atoms with Gasteiger partial charge in [0, 0.05) is 6.04 Å². The van der Waals surface area contributed by atoms with Crippen LogP contribution in [0.4, 0.5) is 0 Å². The van der Waals surface area contributed by atoms with Crippen molar-refractivity contribution in [3.63, 3.8) is 0 Å². The maximum Gasteiger partial charge on any atom is 0.226 e. The average molecular weight is 222 g/mol. The molecule has 4 nitrogen and oxygen atoms in total. The number of hydrogen-bond donors (Lipinski definition) is 1. The summed E-state index contributed by atoms with van der Waals surface area (Å²) in [6, 6.07) is 0.363. The van der Waals surface area contributed by atoms with Crippen molar-refractivity contribution in [3.05, 3.63) is 18.4 Å². The highest BCUT2D eigenvalue weighted by Gasteiger charge is 2.15. The first-order valence-electron chi connectivity index (χ1n) is 6.01. The molecule has 16 heavy (non-hydrogen) atoms. The van der Waals surface area contributed by atoms with Crippen LogP contribution in [0.15, 0.2) is 17.1 Å². The van der Waals surface area contributed by atoms with Gasteiger partial charge in [-0.3, -0.25) is 4.79 Å². The number of carbonyl (C=O) groups is 1. The Kier molecular flexibility index (Phi) is 3.97. The Labute approximate surface area is 95.4 Å². The third kappa shape index (κ3) is 3.36. The molecular formula is C12H18N2O2. The van der Waals surface area contributed by atoms with Crippen LogP contribution < -0.4 is 5.32 Å². The number of carbonyl (C=O) groups excluding carboxylic acids is 1. The molecule has 1 saturated carbocycles. The van der Waals surface area contributed by atoms with E-state index in [9.17, 15) is 4.79 Å². The Hall–Kier alpha value is -1.32. The lowest BCUT2D eigenvalue weighted by molar-refractivity contribution is -0.121. The summed E-state index contributed by atoms with van der Waals surface area (Å²) in [5, 5.41) is 3.08. The summed E-state index contributed by atoms with van der Waals surface area (Å²) in [5.41, 5.74) is 0.700. The maximum absolute atomic E-state index is 11.7. The molecule has 0 radical (unpaired) electrons. The number of nitrogens with one attached hydrogen (secondary N) is 1. The molecule has 1 aliphatic rings. The minimum atomic E-state index is 0.0563. The van der Waals surface area contributed by atoms with Crippen LogP contribution in [0.5, 0.6) is 0 Å². The smallest absolute Gasteiger partial charge is 0.226 e. The summed E-state index contributed by atoms with van der Waals surface area (Å²) in [6.45, 7) is 0. The van der Waals surface area contributed by atoms with Crippen LogP contribution in [0.2, 0.25) is 0 Å². The number of hydrogen-bond acceptors (Lipinski definition) is 3. The first-order chi connectivity index (χ1) is 7.84. The van der Waals surface area contributed by atoms with E-state index >= 15 is 0 Å². The van der Waals surface area contributed by atoms with E-state index in [1.165, 1.54) is 38.3 Å². The Morgan fingerprint density at radius 3 is 2.75 bits per heavy atom. The van der Waals surface area contributed by atoms with Crippen LogP contribution in [0.1, 0.15) is 44.2 Å². The standard InChI is InChI=1S/C12H18N2O2/c15-12(7-11-8-16-9-13-11)14-10-5-3-1-2-4-6-10/h8-10H,1-7H2,(H,14,15). The number of nitrogens with zero attached hydrogens (tertiary/aromatic N) is 1. The second-order valence-electron chi connectivity index (χ2n) is 4.41. The molecule has 1 fully saturated rings. The maximum atomic E-state index is 11.7. The fraction of sp³-hybridized carbons (Fsp3) is 0.667. The van der Waals surface area contributed by atoms with Crippen molar-refractivity contribution in [3.8, 4) is 0 Å². The molecule has 1 amide bonds. The van der Waals surface area contributed by atoms with E-state index in [2.05, 4.69) is 10.3 Å². The second kappa shape index (κ2) is 5.68. The van der Waals surface area contributed by atoms with E-state index in [0.717, 1.165) is 12.8 Å². The fourth-order valence-corrected chi connectivity index (χ4v) is 2.19. The monoisotopic (exact) mass is 222 g/mol. The molecule has 0 aromatic carbocycles. The van der Waals surface area contributed by atoms with Crippen LogP contribution in [0.25, 0.3) is 0 Å². The summed E-state index contributed by atoms with van der Waals surface area (Å²) < 4.78 is 4.83. The number of amides is 1. The molecule has 1 aliphatic carbocycles. The largest absolute Gasteiger partial charge is 0.451 e. The van der Waals surface area contributed by atoms with E-state index in [4.69, 9.17) is 4.42 Å². The van der Waals surface area contributed by atoms with Crippen LogP contribution in [0, 0.1) is 0 Å². The van der Waals surface area contributed by atoms with Gasteiger partial charge in [0.15, 0.2) is 6.39 Å². The fourth-order valence-electron chi connectivity index (χ4n) is 2.19. The minimum Gasteiger partial charge on any atom is -0.451 e. The van der Waals surface area contributed by atoms with Crippen molar-refractivity contribution in [1.29, 1.82) is 0 Å². The Morgan fingerprint density at radius 2 is 2.12 bits per heavy atom. The van der Waals surface area contributed by atoms with Gasteiger partial charge in [0.25, 0.3) is 0 Å². The van der Waals surface area contributed by atoms with E-state index < -0.39 is 0 Å². The van der Waals surface area contributed by atoms with Gasteiger partial charge >= 0.3 is 0 Å². The molecule has 0 unspecified atom stereocenters. The molecule has 1 aromatic rings. The van der Waals surface area contributed by atoms with Gasteiger partial charge in [-0.15, -0.1) is 0 Å². The van der Waals surface area contributed by atoms with Gasteiger partial charge < -0.3 is 9.73 Å². The predicted molar refractivity (Wildman–Crippen MR) is 59.8 cm³/mol. The van der Waals surface area contributed by atoms with Crippen molar-refractivity contribution >= 4 is 5.91 Å². The number of oxazole rings is 1. The van der Waals surface area contributed by atoms with Gasteiger partial charge in [-0.25, -0.2) is 4.98 Å². The number of rotatable bonds is 3. The quantitative estimate of drug-likeness (QED) is 0.796. The third-order valence-corrected chi connectivity index (χ3v) is 3.05. The lowest BCUT2D eigenvalue weighted by Gasteiger charge is -2.15. The summed E-state index contributed by atoms with van der Waals surface area (Å²) in [4.78, 5) is 15.6. The summed E-state index contributed by atoms with van der Waals surface area (Å²) in [5.74, 6) is 0.0563. The molecule has 4 heteroatoms. The van der Waals surface area contributed by atoms with Gasteiger partial charge in [0.05, 0.1) is 12.1 Å². The summed E-state index contributed by atoms with van der Waals surface area (Å²) in [6.07, 6.45) is 10.5. The molecule has 0 spiro atoms. The SMILES string of the molecule is O=C(Cc1cocn1)NC1CCCCCC1. The molecule has 1 N–H and O–H groups in total. The molecule has 2 rings (SSSR count). The highest BCUT2D eigenvalue weighted by molar-refractivity contribution is 5.78. The van der Waals surface area contributed by atoms with Gasteiger partial charge in [-0.05, 0) is 12.8 Å². The van der Waals surface area contributed by atoms with Crippen LogP contribution in [-0.2, 0) is 11.2 Å². The third-order valence-electron chi connectivity index (χ3n) is 3.05. The molecule has 88 valence electrons. The zero-order valence-corrected chi connectivity index (χ0v) is 9.45. The zero-order chi connectivity index (χ0) is 11.2.